The Morgan fingerprint density at radius 1 is 1.57 bits per heavy atom. The van der Waals surface area contributed by atoms with E-state index in [1.165, 1.54) is 12.1 Å². The van der Waals surface area contributed by atoms with Crippen LogP contribution in [0.1, 0.15) is 10.4 Å². The lowest BCUT2D eigenvalue weighted by atomic mass is 10.2. The molecule has 1 aromatic carbocycles. The highest BCUT2D eigenvalue weighted by Crippen LogP contribution is 2.24. The van der Waals surface area contributed by atoms with E-state index in [4.69, 9.17) is 10.5 Å². The predicted molar refractivity (Wildman–Crippen MR) is 51.9 cm³/mol. The van der Waals surface area contributed by atoms with E-state index in [9.17, 15) is 9.18 Å². The van der Waals surface area contributed by atoms with Crippen molar-refractivity contribution in [2.75, 3.05) is 12.3 Å². The van der Waals surface area contributed by atoms with Gasteiger partial charge in [0.15, 0.2) is 6.29 Å². The minimum Gasteiger partial charge on any atom is -0.487 e. The molecule has 0 unspecified atom stereocenters. The van der Waals surface area contributed by atoms with Crippen molar-refractivity contribution in [3.05, 3.63) is 36.2 Å². The molecule has 0 saturated heterocycles. The zero-order valence-electron chi connectivity index (χ0n) is 7.50. The molecule has 0 atom stereocenters. The number of carbonyl (C=O) groups is 1. The van der Waals surface area contributed by atoms with Crippen molar-refractivity contribution in [1.29, 1.82) is 0 Å². The second-order valence-electron chi connectivity index (χ2n) is 2.63. The number of carbonyl (C=O) groups excluding carboxylic acids is 1. The number of hydrogen-bond donors (Lipinski definition) is 1. The van der Waals surface area contributed by atoms with Gasteiger partial charge in [0.05, 0.1) is 11.3 Å². The van der Waals surface area contributed by atoms with E-state index in [0.717, 1.165) is 6.07 Å². The van der Waals surface area contributed by atoms with Gasteiger partial charge in [-0.15, -0.1) is 0 Å². The molecule has 1 aromatic rings. The van der Waals surface area contributed by atoms with Crippen LogP contribution in [-0.2, 0) is 0 Å². The van der Waals surface area contributed by atoms with Crippen molar-refractivity contribution in [3.63, 3.8) is 0 Å². The molecular formula is C10H10FNO2. The first kappa shape index (κ1) is 10.2. The first-order valence-electron chi connectivity index (χ1n) is 3.97. The Morgan fingerprint density at radius 2 is 2.29 bits per heavy atom. The Kier molecular flexibility index (Phi) is 3.23. The lowest BCUT2D eigenvalue weighted by Gasteiger charge is -2.07. The summed E-state index contributed by atoms with van der Waals surface area (Å²) in [5.41, 5.74) is 5.68. The second kappa shape index (κ2) is 4.41. The van der Waals surface area contributed by atoms with E-state index in [2.05, 4.69) is 6.58 Å². The maximum absolute atomic E-state index is 13.1. The van der Waals surface area contributed by atoms with Gasteiger partial charge in [0.1, 0.15) is 18.2 Å². The molecule has 14 heavy (non-hydrogen) atoms. The largest absolute Gasteiger partial charge is 0.487 e. The number of hydrogen-bond acceptors (Lipinski definition) is 3. The molecule has 2 N–H and O–H groups in total. The van der Waals surface area contributed by atoms with Gasteiger partial charge < -0.3 is 10.5 Å². The van der Waals surface area contributed by atoms with Gasteiger partial charge in [0.2, 0.25) is 0 Å². The van der Waals surface area contributed by atoms with Gasteiger partial charge in [0, 0.05) is 6.07 Å². The fourth-order valence-electron chi connectivity index (χ4n) is 0.953. The molecule has 4 heteroatoms. The Balaban J connectivity index is 3.01. The summed E-state index contributed by atoms with van der Waals surface area (Å²) in [5, 5.41) is 0. The van der Waals surface area contributed by atoms with Crippen molar-refractivity contribution in [1.82, 2.24) is 0 Å². The Bertz CT molecular complexity index is 363. The number of nitrogen functional groups attached to an aromatic ring is 1. The molecular weight excluding hydrogens is 185 g/mol. The Hall–Kier alpha value is -1.84. The number of nitrogens with two attached hydrogens (primary N) is 1. The van der Waals surface area contributed by atoms with Gasteiger partial charge >= 0.3 is 0 Å². The molecule has 0 saturated carbocycles. The molecule has 0 amide bonds. The molecule has 0 bridgehead atoms. The van der Waals surface area contributed by atoms with E-state index in [1.54, 1.807) is 0 Å². The summed E-state index contributed by atoms with van der Waals surface area (Å²) in [6.45, 7) is 3.69. The van der Waals surface area contributed by atoms with Gasteiger partial charge in [-0.2, -0.15) is 0 Å². The van der Waals surface area contributed by atoms with Crippen LogP contribution >= 0.6 is 0 Å². The van der Waals surface area contributed by atoms with Crippen LogP contribution in [0.5, 0.6) is 5.75 Å². The normalized spacial score (nSPS) is 9.50. The molecule has 1 rings (SSSR count). The molecule has 0 aromatic heterocycles. The molecule has 0 spiro atoms. The van der Waals surface area contributed by atoms with Crippen LogP contribution in [0.15, 0.2) is 24.8 Å². The van der Waals surface area contributed by atoms with Gasteiger partial charge in [-0.25, -0.2) is 4.39 Å². The Morgan fingerprint density at radius 3 is 2.86 bits per heavy atom. The van der Waals surface area contributed by atoms with E-state index in [0.29, 0.717) is 6.29 Å². The summed E-state index contributed by atoms with van der Waals surface area (Å²) in [6, 6.07) is 2.32. The maximum atomic E-state index is 13.1. The fourth-order valence-corrected chi connectivity index (χ4v) is 0.953. The van der Waals surface area contributed by atoms with Crippen molar-refractivity contribution >= 4 is 12.0 Å². The molecule has 0 aliphatic rings. The van der Waals surface area contributed by atoms with Crippen LogP contribution in [0, 0.1) is 5.82 Å². The number of halogens is 1. The summed E-state index contributed by atoms with van der Waals surface area (Å²) in [7, 11) is 0. The van der Waals surface area contributed by atoms with Crippen LogP contribution in [0.25, 0.3) is 0 Å². The molecule has 0 aliphatic carbocycles. The highest BCUT2D eigenvalue weighted by atomic mass is 19.1. The third kappa shape index (κ3) is 2.10. The topological polar surface area (TPSA) is 52.3 Å². The van der Waals surface area contributed by atoms with Gasteiger partial charge in [-0.05, 0) is 6.07 Å². The van der Waals surface area contributed by atoms with E-state index < -0.39 is 5.82 Å². The number of anilines is 1. The average Bonchev–Trinajstić information content (AvgIpc) is 2.18. The zero-order valence-corrected chi connectivity index (χ0v) is 7.50. The summed E-state index contributed by atoms with van der Waals surface area (Å²) in [6.07, 6.45) is 1.92. The maximum Gasteiger partial charge on any atom is 0.153 e. The van der Waals surface area contributed by atoms with E-state index in [1.807, 2.05) is 0 Å². The van der Waals surface area contributed by atoms with Crippen LogP contribution in [-0.4, -0.2) is 12.9 Å². The molecule has 3 nitrogen and oxygen atoms in total. The number of ether oxygens (including phenoxy) is 1. The first-order valence-corrected chi connectivity index (χ1v) is 3.97. The van der Waals surface area contributed by atoms with Crippen molar-refractivity contribution in [2.45, 2.75) is 0 Å². The summed E-state index contributed by atoms with van der Waals surface area (Å²) < 4.78 is 18.1. The standard InChI is InChI=1S/C10H10FNO2/c1-2-3-14-10-5-8(11)7(6-13)4-9(10)12/h2,4-6H,1,3,12H2. The third-order valence-electron chi connectivity index (χ3n) is 1.61. The van der Waals surface area contributed by atoms with Crippen LogP contribution in [0.3, 0.4) is 0 Å². The zero-order chi connectivity index (χ0) is 10.6. The van der Waals surface area contributed by atoms with Crippen LogP contribution in [0.2, 0.25) is 0 Å². The number of rotatable bonds is 4. The van der Waals surface area contributed by atoms with E-state index in [-0.39, 0.29) is 23.6 Å². The van der Waals surface area contributed by atoms with E-state index >= 15 is 0 Å². The fraction of sp³-hybridized carbons (Fsp3) is 0.100. The van der Waals surface area contributed by atoms with Crippen molar-refractivity contribution in [2.24, 2.45) is 0 Å². The minimum absolute atomic E-state index is 0.0755. The lowest BCUT2D eigenvalue weighted by Crippen LogP contribution is -2.00. The molecule has 0 heterocycles. The van der Waals surface area contributed by atoms with Gasteiger partial charge in [-0.3, -0.25) is 4.79 Å². The molecule has 0 radical (unpaired) electrons. The minimum atomic E-state index is -0.645. The second-order valence-corrected chi connectivity index (χ2v) is 2.63. The van der Waals surface area contributed by atoms with Gasteiger partial charge in [0.25, 0.3) is 0 Å². The summed E-state index contributed by atoms with van der Waals surface area (Å²) in [5.74, 6) is -0.429. The van der Waals surface area contributed by atoms with Crippen LogP contribution < -0.4 is 10.5 Å². The quantitative estimate of drug-likeness (QED) is 0.452. The monoisotopic (exact) mass is 195 g/mol. The highest BCUT2D eigenvalue weighted by Gasteiger charge is 2.07. The van der Waals surface area contributed by atoms with Gasteiger partial charge in [-0.1, -0.05) is 12.7 Å². The number of aldehydes is 1. The predicted octanol–water partition coefficient (Wildman–Crippen LogP) is 1.79. The van der Waals surface area contributed by atoms with Crippen molar-refractivity contribution < 1.29 is 13.9 Å². The number of benzene rings is 1. The smallest absolute Gasteiger partial charge is 0.153 e. The molecule has 0 fully saturated rings. The first-order chi connectivity index (χ1) is 6.69. The summed E-state index contributed by atoms with van der Waals surface area (Å²) in [4.78, 5) is 10.4. The highest BCUT2D eigenvalue weighted by molar-refractivity contribution is 5.78. The summed E-state index contributed by atoms with van der Waals surface area (Å²) >= 11 is 0. The van der Waals surface area contributed by atoms with Crippen LogP contribution in [0.4, 0.5) is 10.1 Å². The lowest BCUT2D eigenvalue weighted by molar-refractivity contribution is 0.112. The molecule has 74 valence electrons. The Labute approximate surface area is 81.0 Å². The average molecular weight is 195 g/mol. The third-order valence-corrected chi connectivity index (χ3v) is 1.61. The van der Waals surface area contributed by atoms with Crippen molar-refractivity contribution in [3.8, 4) is 5.75 Å². The molecule has 0 aliphatic heterocycles. The SMILES string of the molecule is C=CCOc1cc(F)c(C=O)cc1N.